The highest BCUT2D eigenvalue weighted by Crippen LogP contribution is 2.30. The number of carbonyl (C=O) groups is 2. The van der Waals surface area contributed by atoms with Gasteiger partial charge in [-0.05, 0) is 25.1 Å². The quantitative estimate of drug-likeness (QED) is 0.459. The minimum absolute atomic E-state index is 0.135. The largest absolute Gasteiger partial charge is 0.478 e. The van der Waals surface area contributed by atoms with Crippen LogP contribution in [-0.2, 0) is 4.74 Å². The number of aromatic carboxylic acids is 1. The molecule has 0 aliphatic heterocycles. The van der Waals surface area contributed by atoms with Crippen molar-refractivity contribution in [2.75, 3.05) is 6.61 Å². The molecule has 0 atom stereocenters. The molecule has 2 heterocycles. The van der Waals surface area contributed by atoms with Crippen molar-refractivity contribution in [1.82, 2.24) is 20.2 Å². The zero-order valence-electron chi connectivity index (χ0n) is 14.9. The van der Waals surface area contributed by atoms with Crippen molar-refractivity contribution >= 4 is 22.8 Å². The van der Waals surface area contributed by atoms with E-state index in [9.17, 15) is 14.7 Å². The minimum Gasteiger partial charge on any atom is -0.478 e. The SMILES string of the molecule is CCOC(=O)c1nc(-c2n[nH]c3ccc(C(=O)O)cc23)[nH]c1-c1ccccc1. The lowest BCUT2D eigenvalue weighted by Gasteiger charge is -2.02. The third-order valence-corrected chi connectivity index (χ3v) is 4.27. The second kappa shape index (κ2) is 6.99. The number of benzene rings is 2. The van der Waals surface area contributed by atoms with Crippen LogP contribution in [0, 0.1) is 0 Å². The van der Waals surface area contributed by atoms with Crippen LogP contribution in [0.2, 0.25) is 0 Å². The molecule has 0 spiro atoms. The first kappa shape index (κ1) is 17.5. The molecule has 0 amide bonds. The number of nitrogens with zero attached hydrogens (tertiary/aromatic N) is 2. The van der Waals surface area contributed by atoms with Crippen molar-refractivity contribution in [2.45, 2.75) is 6.92 Å². The van der Waals surface area contributed by atoms with Crippen molar-refractivity contribution in [3.63, 3.8) is 0 Å². The van der Waals surface area contributed by atoms with Crippen LogP contribution in [0.3, 0.4) is 0 Å². The fraction of sp³-hybridized carbons (Fsp3) is 0.100. The van der Waals surface area contributed by atoms with Crippen molar-refractivity contribution in [3.05, 3.63) is 59.8 Å². The Morgan fingerprint density at radius 1 is 1.14 bits per heavy atom. The molecule has 8 heteroatoms. The number of fused-ring (bicyclic) bond motifs is 1. The molecule has 4 aromatic rings. The van der Waals surface area contributed by atoms with Gasteiger partial charge in [0.15, 0.2) is 11.5 Å². The predicted octanol–water partition coefficient (Wildman–Crippen LogP) is 3.49. The smallest absolute Gasteiger partial charge is 0.359 e. The molecule has 140 valence electrons. The Hall–Kier alpha value is -3.94. The average molecular weight is 376 g/mol. The maximum Gasteiger partial charge on any atom is 0.359 e. The summed E-state index contributed by atoms with van der Waals surface area (Å²) in [4.78, 5) is 31.3. The van der Waals surface area contributed by atoms with Crippen molar-refractivity contribution in [1.29, 1.82) is 0 Å². The minimum atomic E-state index is -1.04. The lowest BCUT2D eigenvalue weighted by Crippen LogP contribution is -2.06. The average Bonchev–Trinajstić information content (AvgIpc) is 3.32. The van der Waals surface area contributed by atoms with E-state index in [2.05, 4.69) is 20.2 Å². The summed E-state index contributed by atoms with van der Waals surface area (Å²) in [6.45, 7) is 1.95. The summed E-state index contributed by atoms with van der Waals surface area (Å²) in [5.41, 5.74) is 2.65. The third-order valence-electron chi connectivity index (χ3n) is 4.27. The number of hydrogen-bond acceptors (Lipinski definition) is 5. The molecule has 0 aliphatic carbocycles. The molecule has 8 nitrogen and oxygen atoms in total. The molecular formula is C20H16N4O4. The number of ether oxygens (including phenoxy) is 1. The first-order valence-corrected chi connectivity index (χ1v) is 8.62. The van der Waals surface area contributed by atoms with E-state index >= 15 is 0 Å². The number of esters is 1. The highest BCUT2D eigenvalue weighted by atomic mass is 16.5. The van der Waals surface area contributed by atoms with Crippen LogP contribution in [-0.4, -0.2) is 43.8 Å². The molecule has 0 saturated carbocycles. The van der Waals surface area contributed by atoms with Crippen LogP contribution in [0.5, 0.6) is 0 Å². The predicted molar refractivity (Wildman–Crippen MR) is 102 cm³/mol. The van der Waals surface area contributed by atoms with Gasteiger partial charge >= 0.3 is 11.9 Å². The molecule has 0 bridgehead atoms. The normalized spacial score (nSPS) is 10.9. The van der Waals surface area contributed by atoms with Gasteiger partial charge in [-0.15, -0.1) is 0 Å². The Balaban J connectivity index is 1.89. The van der Waals surface area contributed by atoms with E-state index in [0.29, 0.717) is 28.1 Å². The fourth-order valence-corrected chi connectivity index (χ4v) is 2.97. The van der Waals surface area contributed by atoms with Gasteiger partial charge in [0.2, 0.25) is 0 Å². The topological polar surface area (TPSA) is 121 Å². The van der Waals surface area contributed by atoms with Crippen molar-refractivity contribution in [2.24, 2.45) is 0 Å². The lowest BCUT2D eigenvalue weighted by atomic mass is 10.1. The summed E-state index contributed by atoms with van der Waals surface area (Å²) >= 11 is 0. The van der Waals surface area contributed by atoms with E-state index in [1.165, 1.54) is 12.1 Å². The standard InChI is InChI=1S/C20H16N4O4/c1-2-28-20(27)17-15(11-6-4-3-5-7-11)21-18(22-17)16-13-10-12(19(25)26)8-9-14(13)23-24-16/h3-10H,2H2,1H3,(H,21,22)(H,23,24)(H,25,26). The Morgan fingerprint density at radius 2 is 1.93 bits per heavy atom. The number of hydrogen-bond donors (Lipinski definition) is 3. The number of nitrogens with one attached hydrogen (secondary N) is 2. The van der Waals surface area contributed by atoms with Gasteiger partial charge in [0, 0.05) is 10.9 Å². The second-order valence-corrected chi connectivity index (χ2v) is 6.03. The molecule has 3 N–H and O–H groups in total. The van der Waals surface area contributed by atoms with E-state index < -0.39 is 11.9 Å². The zero-order valence-corrected chi connectivity index (χ0v) is 14.9. The summed E-state index contributed by atoms with van der Waals surface area (Å²) in [6, 6.07) is 13.9. The van der Waals surface area contributed by atoms with Crippen LogP contribution < -0.4 is 0 Å². The number of rotatable bonds is 5. The van der Waals surface area contributed by atoms with E-state index in [-0.39, 0.29) is 17.9 Å². The summed E-state index contributed by atoms with van der Waals surface area (Å²) < 4.78 is 5.13. The second-order valence-electron chi connectivity index (χ2n) is 6.03. The van der Waals surface area contributed by atoms with Gasteiger partial charge in [-0.1, -0.05) is 30.3 Å². The van der Waals surface area contributed by atoms with Gasteiger partial charge < -0.3 is 14.8 Å². The number of carbonyl (C=O) groups excluding carboxylic acids is 1. The number of imidazole rings is 1. The van der Waals surface area contributed by atoms with Crippen LogP contribution >= 0.6 is 0 Å². The van der Waals surface area contributed by atoms with Gasteiger partial charge in [-0.2, -0.15) is 5.10 Å². The van der Waals surface area contributed by atoms with Crippen molar-refractivity contribution in [3.8, 4) is 22.8 Å². The van der Waals surface area contributed by atoms with E-state index in [0.717, 1.165) is 5.56 Å². The molecule has 0 radical (unpaired) electrons. The molecule has 0 fully saturated rings. The summed E-state index contributed by atoms with van der Waals surface area (Å²) in [5.74, 6) is -1.24. The molecule has 0 unspecified atom stereocenters. The van der Waals surface area contributed by atoms with Gasteiger partial charge in [-0.3, -0.25) is 5.10 Å². The Labute approximate surface area is 159 Å². The van der Waals surface area contributed by atoms with Gasteiger partial charge in [-0.25, -0.2) is 14.6 Å². The Kier molecular flexibility index (Phi) is 4.36. The lowest BCUT2D eigenvalue weighted by molar-refractivity contribution is 0.0520. The first-order valence-electron chi connectivity index (χ1n) is 8.62. The van der Waals surface area contributed by atoms with Gasteiger partial charge in [0.1, 0.15) is 5.69 Å². The van der Waals surface area contributed by atoms with Gasteiger partial charge in [0.05, 0.1) is 23.4 Å². The summed E-state index contributed by atoms with van der Waals surface area (Å²) in [5, 5.41) is 17.0. The maximum atomic E-state index is 12.4. The fourth-order valence-electron chi connectivity index (χ4n) is 2.97. The summed E-state index contributed by atoms with van der Waals surface area (Å²) in [6.07, 6.45) is 0. The van der Waals surface area contributed by atoms with Crippen LogP contribution in [0.15, 0.2) is 48.5 Å². The number of aromatic nitrogens is 4. The highest BCUT2D eigenvalue weighted by Gasteiger charge is 2.23. The molecule has 28 heavy (non-hydrogen) atoms. The maximum absolute atomic E-state index is 12.4. The molecule has 2 aromatic heterocycles. The molecule has 0 saturated heterocycles. The third kappa shape index (κ3) is 3.01. The molecular weight excluding hydrogens is 360 g/mol. The van der Waals surface area contributed by atoms with Gasteiger partial charge in [0.25, 0.3) is 0 Å². The number of carboxylic acid groups (broad SMARTS) is 1. The number of aromatic amines is 2. The van der Waals surface area contributed by atoms with E-state index in [1.807, 2.05) is 30.3 Å². The highest BCUT2D eigenvalue weighted by molar-refractivity contribution is 6.00. The van der Waals surface area contributed by atoms with Crippen LogP contribution in [0.4, 0.5) is 0 Å². The van der Waals surface area contributed by atoms with Crippen LogP contribution in [0.25, 0.3) is 33.7 Å². The van der Waals surface area contributed by atoms with Crippen LogP contribution in [0.1, 0.15) is 27.8 Å². The Morgan fingerprint density at radius 3 is 2.64 bits per heavy atom. The molecule has 2 aromatic carbocycles. The van der Waals surface area contributed by atoms with E-state index in [4.69, 9.17) is 4.74 Å². The number of carboxylic acids is 1. The molecule has 0 aliphatic rings. The molecule has 4 rings (SSSR count). The monoisotopic (exact) mass is 376 g/mol. The summed E-state index contributed by atoms with van der Waals surface area (Å²) in [7, 11) is 0. The van der Waals surface area contributed by atoms with E-state index in [1.54, 1.807) is 13.0 Å². The van der Waals surface area contributed by atoms with Crippen molar-refractivity contribution < 1.29 is 19.4 Å². The Bertz CT molecular complexity index is 1180. The zero-order chi connectivity index (χ0) is 19.7. The number of H-pyrrole nitrogens is 2. The first-order chi connectivity index (χ1) is 13.6.